The predicted molar refractivity (Wildman–Crippen MR) is 78.2 cm³/mol. The highest BCUT2D eigenvalue weighted by molar-refractivity contribution is 7.90. The highest BCUT2D eigenvalue weighted by atomic mass is 35.5. The first-order chi connectivity index (χ1) is 9.29. The third-order valence-corrected chi connectivity index (χ3v) is 4.98. The monoisotopic (exact) mass is 333 g/mol. The van der Waals surface area contributed by atoms with E-state index < -0.39 is 21.4 Å². The Morgan fingerprint density at radius 1 is 1.10 bits per heavy atom. The summed E-state index contributed by atoms with van der Waals surface area (Å²) in [6, 6.07) is 7.85. The van der Waals surface area contributed by atoms with Crippen LogP contribution in [0.25, 0.3) is 0 Å². The van der Waals surface area contributed by atoms with Gasteiger partial charge in [-0.2, -0.15) is 0 Å². The van der Waals surface area contributed by atoms with Gasteiger partial charge < -0.3 is 5.73 Å². The first kappa shape index (κ1) is 15.1. The Hall–Kier alpha value is -1.30. The molecule has 2 aromatic carbocycles. The molecule has 0 amide bonds. The van der Waals surface area contributed by atoms with Crippen molar-refractivity contribution in [1.82, 2.24) is 0 Å². The Kier molecular flexibility index (Phi) is 4.22. The summed E-state index contributed by atoms with van der Waals surface area (Å²) in [6.07, 6.45) is 0. The highest BCUT2D eigenvalue weighted by Gasteiger charge is 2.20. The molecule has 0 spiro atoms. The summed E-state index contributed by atoms with van der Waals surface area (Å²) in [7, 11) is -3.79. The van der Waals surface area contributed by atoms with Crippen LogP contribution in [0, 0.1) is 5.82 Å². The summed E-state index contributed by atoms with van der Waals surface area (Å²) >= 11 is 11.9. The van der Waals surface area contributed by atoms with Crippen LogP contribution in [0.2, 0.25) is 10.0 Å². The number of sulfone groups is 1. The third kappa shape index (κ3) is 3.23. The van der Waals surface area contributed by atoms with Gasteiger partial charge in [-0.15, -0.1) is 0 Å². The smallest absolute Gasteiger partial charge is 0.182 e. The molecule has 0 aliphatic carbocycles. The van der Waals surface area contributed by atoms with Gasteiger partial charge in [-0.3, -0.25) is 0 Å². The van der Waals surface area contributed by atoms with Crippen LogP contribution >= 0.6 is 23.2 Å². The Labute approximate surface area is 126 Å². The van der Waals surface area contributed by atoms with Crippen LogP contribution in [0.4, 0.5) is 10.1 Å². The third-order valence-electron chi connectivity index (χ3n) is 2.65. The van der Waals surface area contributed by atoms with Crippen LogP contribution in [0.5, 0.6) is 0 Å². The fraction of sp³-hybridized carbons (Fsp3) is 0.0769. The summed E-state index contributed by atoms with van der Waals surface area (Å²) in [6.45, 7) is 0. The zero-order valence-corrected chi connectivity index (χ0v) is 12.4. The zero-order valence-electron chi connectivity index (χ0n) is 10.1. The van der Waals surface area contributed by atoms with Gasteiger partial charge in [-0.1, -0.05) is 29.3 Å². The molecule has 3 nitrogen and oxygen atoms in total. The van der Waals surface area contributed by atoms with Crippen LogP contribution in [-0.2, 0) is 15.6 Å². The Morgan fingerprint density at radius 2 is 1.70 bits per heavy atom. The molecule has 0 bridgehead atoms. The van der Waals surface area contributed by atoms with Crippen molar-refractivity contribution in [3.8, 4) is 0 Å². The largest absolute Gasteiger partial charge is 0.399 e. The minimum Gasteiger partial charge on any atom is -0.399 e. The fourth-order valence-corrected chi connectivity index (χ4v) is 3.86. The van der Waals surface area contributed by atoms with Crippen molar-refractivity contribution in [3.05, 3.63) is 57.8 Å². The maximum atomic E-state index is 13.3. The summed E-state index contributed by atoms with van der Waals surface area (Å²) in [5, 5.41) is 0.482. The molecule has 0 saturated carbocycles. The Bertz CT molecular complexity index is 722. The lowest BCUT2D eigenvalue weighted by Gasteiger charge is -2.09. The van der Waals surface area contributed by atoms with E-state index in [9.17, 15) is 12.8 Å². The van der Waals surface area contributed by atoms with E-state index in [0.717, 1.165) is 12.1 Å². The predicted octanol–water partition coefficient (Wildman–Crippen LogP) is 3.69. The number of hydrogen-bond donors (Lipinski definition) is 1. The Morgan fingerprint density at radius 3 is 2.25 bits per heavy atom. The first-order valence-corrected chi connectivity index (χ1v) is 7.92. The van der Waals surface area contributed by atoms with Crippen molar-refractivity contribution in [1.29, 1.82) is 0 Å². The molecule has 106 valence electrons. The molecule has 0 radical (unpaired) electrons. The number of anilines is 1. The molecule has 2 rings (SSSR count). The minimum absolute atomic E-state index is 0.0360. The second-order valence-corrected chi connectivity index (χ2v) is 6.98. The number of nitrogens with two attached hydrogens (primary N) is 1. The zero-order chi connectivity index (χ0) is 14.9. The molecule has 20 heavy (non-hydrogen) atoms. The van der Waals surface area contributed by atoms with Gasteiger partial charge in [0.1, 0.15) is 5.82 Å². The maximum Gasteiger partial charge on any atom is 0.182 e. The number of halogens is 3. The normalized spacial score (nSPS) is 11.6. The number of rotatable bonds is 3. The van der Waals surface area contributed by atoms with Gasteiger partial charge in [0.25, 0.3) is 0 Å². The summed E-state index contributed by atoms with van der Waals surface area (Å²) < 4.78 is 37.8. The van der Waals surface area contributed by atoms with Crippen LogP contribution < -0.4 is 5.73 Å². The number of benzene rings is 2. The molecule has 0 saturated heterocycles. The minimum atomic E-state index is -3.79. The summed E-state index contributed by atoms with van der Waals surface area (Å²) in [5.41, 5.74) is 5.77. The molecule has 7 heteroatoms. The van der Waals surface area contributed by atoms with Crippen molar-refractivity contribution in [3.63, 3.8) is 0 Å². The van der Waals surface area contributed by atoms with Crippen molar-refractivity contribution in [2.75, 3.05) is 5.73 Å². The Balaban J connectivity index is 2.46. The van der Waals surface area contributed by atoms with E-state index >= 15 is 0 Å². The quantitative estimate of drug-likeness (QED) is 0.871. The SMILES string of the molecule is Nc1cc(F)cc(S(=O)(=O)Cc2c(Cl)cccc2Cl)c1. The number of hydrogen-bond acceptors (Lipinski definition) is 3. The van der Waals surface area contributed by atoms with Crippen molar-refractivity contribution >= 4 is 38.7 Å². The van der Waals surface area contributed by atoms with E-state index in [4.69, 9.17) is 28.9 Å². The number of nitrogen functional groups attached to an aromatic ring is 1. The topological polar surface area (TPSA) is 60.2 Å². The van der Waals surface area contributed by atoms with E-state index in [0.29, 0.717) is 0 Å². The second kappa shape index (κ2) is 5.60. The lowest BCUT2D eigenvalue weighted by atomic mass is 10.2. The van der Waals surface area contributed by atoms with Gasteiger partial charge in [0.2, 0.25) is 0 Å². The molecule has 0 atom stereocenters. The van der Waals surface area contributed by atoms with E-state index in [1.165, 1.54) is 18.2 Å². The van der Waals surface area contributed by atoms with Gasteiger partial charge in [-0.25, -0.2) is 12.8 Å². The fourth-order valence-electron chi connectivity index (χ4n) is 1.71. The van der Waals surface area contributed by atoms with Crippen molar-refractivity contribution in [2.45, 2.75) is 10.6 Å². The van der Waals surface area contributed by atoms with E-state index in [1.54, 1.807) is 6.07 Å². The van der Waals surface area contributed by atoms with Crippen LogP contribution in [0.1, 0.15) is 5.56 Å². The van der Waals surface area contributed by atoms with E-state index in [-0.39, 0.29) is 26.2 Å². The van der Waals surface area contributed by atoms with Crippen molar-refractivity contribution < 1.29 is 12.8 Å². The second-order valence-electron chi connectivity index (χ2n) is 4.18. The summed E-state index contributed by atoms with van der Waals surface area (Å²) in [5.74, 6) is -1.14. The molecule has 0 aliphatic heterocycles. The molecule has 0 aromatic heterocycles. The molecule has 0 heterocycles. The molecular weight excluding hydrogens is 324 g/mol. The van der Waals surface area contributed by atoms with Gasteiger partial charge in [0.15, 0.2) is 9.84 Å². The maximum absolute atomic E-state index is 13.3. The van der Waals surface area contributed by atoms with Gasteiger partial charge in [0.05, 0.1) is 10.6 Å². The van der Waals surface area contributed by atoms with E-state index in [2.05, 4.69) is 0 Å². The first-order valence-electron chi connectivity index (χ1n) is 5.51. The standard InChI is InChI=1S/C13H10Cl2FNO2S/c14-12-2-1-3-13(15)11(12)7-20(18,19)10-5-8(16)4-9(17)6-10/h1-6H,7,17H2. The van der Waals surface area contributed by atoms with Crippen LogP contribution in [0.3, 0.4) is 0 Å². The lowest BCUT2D eigenvalue weighted by molar-refractivity contribution is 0.590. The van der Waals surface area contributed by atoms with Gasteiger partial charge in [0, 0.05) is 21.3 Å². The van der Waals surface area contributed by atoms with E-state index in [1.807, 2.05) is 0 Å². The molecule has 0 unspecified atom stereocenters. The summed E-state index contributed by atoms with van der Waals surface area (Å²) in [4.78, 5) is -0.203. The average Bonchev–Trinajstić information content (AvgIpc) is 2.33. The van der Waals surface area contributed by atoms with Gasteiger partial charge in [-0.05, 0) is 30.3 Å². The van der Waals surface area contributed by atoms with Crippen LogP contribution in [0.15, 0.2) is 41.3 Å². The molecule has 0 fully saturated rings. The van der Waals surface area contributed by atoms with Crippen LogP contribution in [-0.4, -0.2) is 8.42 Å². The van der Waals surface area contributed by atoms with Crippen molar-refractivity contribution in [2.24, 2.45) is 0 Å². The lowest BCUT2D eigenvalue weighted by Crippen LogP contribution is -2.07. The average molecular weight is 334 g/mol. The molecule has 2 N–H and O–H groups in total. The molecule has 0 aliphatic rings. The highest BCUT2D eigenvalue weighted by Crippen LogP contribution is 2.29. The molecular formula is C13H10Cl2FNO2S. The molecule has 2 aromatic rings. The van der Waals surface area contributed by atoms with Gasteiger partial charge >= 0.3 is 0 Å².